The van der Waals surface area contributed by atoms with Crippen LogP contribution in [0, 0.1) is 0 Å². The molecule has 0 bridgehead atoms. The molecule has 6 nitrogen and oxygen atoms in total. The van der Waals surface area contributed by atoms with E-state index in [1.807, 2.05) is 24.3 Å². The average molecular weight is 500 g/mol. The molecule has 3 aromatic rings. The van der Waals surface area contributed by atoms with Crippen molar-refractivity contribution in [3.63, 3.8) is 0 Å². The van der Waals surface area contributed by atoms with Gasteiger partial charge in [0.1, 0.15) is 10.8 Å². The maximum Gasteiger partial charge on any atom is 0.262 e. The van der Waals surface area contributed by atoms with Crippen molar-refractivity contribution in [2.45, 2.75) is 32.2 Å². The number of nitrogens with one attached hydrogen (secondary N) is 2. The van der Waals surface area contributed by atoms with E-state index in [2.05, 4.69) is 31.5 Å². The molecular formula is C23H22BrN3O3S. The summed E-state index contributed by atoms with van der Waals surface area (Å²) in [6.45, 7) is 0.262. The molecule has 0 fully saturated rings. The Balaban J connectivity index is 1.46. The van der Waals surface area contributed by atoms with Gasteiger partial charge >= 0.3 is 0 Å². The summed E-state index contributed by atoms with van der Waals surface area (Å²) in [6.07, 6.45) is 7.37. The van der Waals surface area contributed by atoms with Crippen molar-refractivity contribution in [3.05, 3.63) is 74.8 Å². The van der Waals surface area contributed by atoms with Gasteiger partial charge in [0.25, 0.3) is 11.8 Å². The van der Waals surface area contributed by atoms with Crippen LogP contribution in [0.2, 0.25) is 0 Å². The molecule has 4 rings (SSSR count). The van der Waals surface area contributed by atoms with E-state index in [9.17, 15) is 9.59 Å². The number of carbonyl (C=O) groups excluding carboxylic acids is 2. The number of benzene rings is 1. The first-order valence-corrected chi connectivity index (χ1v) is 11.7. The zero-order chi connectivity index (χ0) is 21.6. The van der Waals surface area contributed by atoms with Gasteiger partial charge in [0, 0.05) is 28.3 Å². The van der Waals surface area contributed by atoms with Gasteiger partial charge in [-0.05, 0) is 67.1 Å². The Labute approximate surface area is 193 Å². The maximum absolute atomic E-state index is 13.1. The third-order valence-electron chi connectivity index (χ3n) is 5.01. The first kappa shape index (κ1) is 21.5. The lowest BCUT2D eigenvalue weighted by atomic mass is 9.95. The van der Waals surface area contributed by atoms with E-state index < -0.39 is 0 Å². The molecular weight excluding hydrogens is 478 g/mol. The van der Waals surface area contributed by atoms with Gasteiger partial charge in [0.2, 0.25) is 0 Å². The number of amides is 2. The van der Waals surface area contributed by atoms with Gasteiger partial charge in [0.05, 0.1) is 5.56 Å². The van der Waals surface area contributed by atoms with E-state index in [1.54, 1.807) is 24.5 Å². The summed E-state index contributed by atoms with van der Waals surface area (Å²) in [6, 6.07) is 11.0. The van der Waals surface area contributed by atoms with Crippen LogP contribution in [-0.4, -0.2) is 23.4 Å². The van der Waals surface area contributed by atoms with E-state index in [-0.39, 0.29) is 18.4 Å². The van der Waals surface area contributed by atoms with Gasteiger partial charge in [-0.2, -0.15) is 0 Å². The fourth-order valence-electron chi connectivity index (χ4n) is 3.51. The molecule has 2 amide bonds. The third kappa shape index (κ3) is 5.51. The number of carbonyl (C=O) groups is 2. The monoisotopic (exact) mass is 499 g/mol. The maximum atomic E-state index is 13.1. The van der Waals surface area contributed by atoms with E-state index >= 15 is 0 Å². The lowest BCUT2D eigenvalue weighted by Crippen LogP contribution is -2.26. The standard InChI is InChI=1S/C23H22BrN3O3S/c24-16-7-9-17(10-8-16)30-14-20(28)27-23-21(18-5-1-2-6-19(18)31-23)22(29)26-13-15-4-3-11-25-12-15/h3-4,7-12H,1-2,5-6,13-14H2,(H,26,29)(H,27,28). The molecule has 0 aliphatic heterocycles. The van der Waals surface area contributed by atoms with Crippen LogP contribution in [0.25, 0.3) is 0 Å². The number of pyridine rings is 1. The van der Waals surface area contributed by atoms with Gasteiger partial charge < -0.3 is 15.4 Å². The second kappa shape index (κ2) is 10.1. The topological polar surface area (TPSA) is 80.3 Å². The Bertz CT molecular complexity index is 1070. The highest BCUT2D eigenvalue weighted by atomic mass is 79.9. The van der Waals surface area contributed by atoms with Crippen LogP contribution in [0.3, 0.4) is 0 Å². The van der Waals surface area contributed by atoms with Gasteiger partial charge in [-0.1, -0.05) is 22.0 Å². The van der Waals surface area contributed by atoms with Gasteiger partial charge in [-0.3, -0.25) is 14.6 Å². The van der Waals surface area contributed by atoms with Gasteiger partial charge in [-0.15, -0.1) is 11.3 Å². The van der Waals surface area contributed by atoms with E-state index in [0.29, 0.717) is 22.9 Å². The molecule has 8 heteroatoms. The Morgan fingerprint density at radius 2 is 1.94 bits per heavy atom. The van der Waals surface area contributed by atoms with Crippen LogP contribution in [0.4, 0.5) is 5.00 Å². The van der Waals surface area contributed by atoms with Crippen molar-refractivity contribution >= 4 is 44.1 Å². The molecule has 1 aromatic carbocycles. The van der Waals surface area contributed by atoms with Crippen LogP contribution >= 0.6 is 27.3 Å². The number of aryl methyl sites for hydroxylation is 1. The minimum absolute atomic E-state index is 0.124. The molecule has 1 aliphatic rings. The van der Waals surface area contributed by atoms with Crippen molar-refractivity contribution in [1.82, 2.24) is 10.3 Å². The minimum atomic E-state index is -0.289. The Kier molecular flexibility index (Phi) is 6.99. The number of hydrogen-bond donors (Lipinski definition) is 2. The summed E-state index contributed by atoms with van der Waals surface area (Å²) >= 11 is 4.87. The summed E-state index contributed by atoms with van der Waals surface area (Å²) in [5, 5.41) is 6.47. The first-order valence-electron chi connectivity index (χ1n) is 10.1. The number of aromatic nitrogens is 1. The van der Waals surface area contributed by atoms with E-state index in [1.165, 1.54) is 16.2 Å². The number of thiophene rings is 1. The summed E-state index contributed by atoms with van der Waals surface area (Å²) in [7, 11) is 0. The van der Waals surface area contributed by atoms with Crippen molar-refractivity contribution in [2.24, 2.45) is 0 Å². The molecule has 31 heavy (non-hydrogen) atoms. The number of halogens is 1. The van der Waals surface area contributed by atoms with Gasteiger partial charge in [0.15, 0.2) is 6.61 Å². The molecule has 0 radical (unpaired) electrons. The molecule has 0 saturated heterocycles. The number of nitrogens with zero attached hydrogens (tertiary/aromatic N) is 1. The van der Waals surface area contributed by atoms with Gasteiger partial charge in [-0.25, -0.2) is 0 Å². The lowest BCUT2D eigenvalue weighted by molar-refractivity contribution is -0.118. The van der Waals surface area contributed by atoms with Crippen LogP contribution in [0.1, 0.15) is 39.2 Å². The Hall–Kier alpha value is -2.71. The molecule has 160 valence electrons. The SMILES string of the molecule is O=C(COc1ccc(Br)cc1)Nc1sc2c(c1C(=O)NCc1cccnc1)CCCC2. The number of anilines is 1. The normalized spacial score (nSPS) is 12.7. The molecule has 0 atom stereocenters. The van der Waals surface area contributed by atoms with Crippen molar-refractivity contribution in [1.29, 1.82) is 0 Å². The van der Waals surface area contributed by atoms with E-state index in [4.69, 9.17) is 4.74 Å². The molecule has 2 aromatic heterocycles. The molecule has 0 saturated carbocycles. The first-order chi connectivity index (χ1) is 15.1. The average Bonchev–Trinajstić information content (AvgIpc) is 3.15. The fraction of sp³-hybridized carbons (Fsp3) is 0.261. The van der Waals surface area contributed by atoms with Crippen molar-refractivity contribution in [3.8, 4) is 5.75 Å². The molecule has 1 aliphatic carbocycles. The second-order valence-electron chi connectivity index (χ2n) is 7.25. The Morgan fingerprint density at radius 3 is 2.71 bits per heavy atom. The van der Waals surface area contributed by atoms with Crippen LogP contribution in [0.15, 0.2) is 53.3 Å². The Morgan fingerprint density at radius 1 is 1.13 bits per heavy atom. The minimum Gasteiger partial charge on any atom is -0.484 e. The van der Waals surface area contributed by atoms with Crippen molar-refractivity contribution in [2.75, 3.05) is 11.9 Å². The van der Waals surface area contributed by atoms with E-state index in [0.717, 1.165) is 41.3 Å². The van der Waals surface area contributed by atoms with Crippen LogP contribution < -0.4 is 15.4 Å². The zero-order valence-corrected chi connectivity index (χ0v) is 19.2. The molecule has 0 unspecified atom stereocenters. The van der Waals surface area contributed by atoms with Crippen LogP contribution in [-0.2, 0) is 24.2 Å². The summed E-state index contributed by atoms with van der Waals surface area (Å²) in [5.74, 6) is 0.147. The predicted octanol–water partition coefficient (Wildman–Crippen LogP) is 4.73. The largest absolute Gasteiger partial charge is 0.484 e. The highest BCUT2D eigenvalue weighted by Gasteiger charge is 2.26. The van der Waals surface area contributed by atoms with Crippen molar-refractivity contribution < 1.29 is 14.3 Å². The highest BCUT2D eigenvalue weighted by Crippen LogP contribution is 2.38. The van der Waals surface area contributed by atoms with Crippen LogP contribution in [0.5, 0.6) is 5.75 Å². The fourth-order valence-corrected chi connectivity index (χ4v) is 5.08. The molecule has 0 spiro atoms. The number of rotatable bonds is 7. The highest BCUT2D eigenvalue weighted by molar-refractivity contribution is 9.10. The number of hydrogen-bond acceptors (Lipinski definition) is 5. The third-order valence-corrected chi connectivity index (χ3v) is 6.75. The lowest BCUT2D eigenvalue weighted by Gasteiger charge is -2.13. The number of ether oxygens (including phenoxy) is 1. The zero-order valence-electron chi connectivity index (χ0n) is 16.8. The smallest absolute Gasteiger partial charge is 0.262 e. The predicted molar refractivity (Wildman–Crippen MR) is 125 cm³/mol. The summed E-state index contributed by atoms with van der Waals surface area (Å²) in [4.78, 5) is 30.9. The number of fused-ring (bicyclic) bond motifs is 1. The summed E-state index contributed by atoms with van der Waals surface area (Å²) in [5.41, 5.74) is 2.57. The molecule has 2 N–H and O–H groups in total. The molecule has 2 heterocycles. The summed E-state index contributed by atoms with van der Waals surface area (Å²) < 4.78 is 6.51. The second-order valence-corrected chi connectivity index (χ2v) is 9.27. The quantitative estimate of drug-likeness (QED) is 0.492.